The van der Waals surface area contributed by atoms with E-state index < -0.39 is 0 Å². The number of benzene rings is 1. The minimum absolute atomic E-state index is 0.0916. The van der Waals surface area contributed by atoms with Gasteiger partial charge >= 0.3 is 0 Å². The lowest BCUT2D eigenvalue weighted by atomic mass is 9.91. The van der Waals surface area contributed by atoms with Crippen molar-refractivity contribution in [1.82, 2.24) is 9.47 Å². The molecule has 1 saturated heterocycles. The van der Waals surface area contributed by atoms with Crippen LogP contribution in [-0.2, 0) is 11.8 Å². The number of carbonyl (C=O) groups is 1. The van der Waals surface area contributed by atoms with Crippen LogP contribution in [0.5, 0.6) is 5.75 Å². The standard InChI is InChI=1S/C21H28N2O3/c1-15-11-16(2)14-23(13-15)20(24)9-6-10-26-19-12-21(25)22(3)18-8-5-4-7-17(18)19/h4-5,7-8,12,15-16H,6,9-11,13-14H2,1-3H3/t15-,16-/m0/s1. The van der Waals surface area contributed by atoms with Crippen molar-refractivity contribution in [3.05, 3.63) is 40.7 Å². The number of aryl methyl sites for hydroxylation is 1. The topological polar surface area (TPSA) is 51.5 Å². The van der Waals surface area contributed by atoms with Gasteiger partial charge in [0.1, 0.15) is 5.75 Å². The van der Waals surface area contributed by atoms with Crippen LogP contribution >= 0.6 is 0 Å². The molecule has 0 bridgehead atoms. The predicted molar refractivity (Wildman–Crippen MR) is 103 cm³/mol. The summed E-state index contributed by atoms with van der Waals surface area (Å²) in [5, 5.41) is 0.916. The number of aromatic nitrogens is 1. The Bertz CT molecular complexity index is 833. The number of piperidine rings is 1. The van der Waals surface area contributed by atoms with Crippen LogP contribution in [0.2, 0.25) is 0 Å². The summed E-state index contributed by atoms with van der Waals surface area (Å²) in [7, 11) is 1.76. The molecule has 140 valence electrons. The summed E-state index contributed by atoms with van der Waals surface area (Å²) in [6.07, 6.45) is 2.34. The Kier molecular flexibility index (Phi) is 5.64. The molecule has 3 rings (SSSR count). The summed E-state index contributed by atoms with van der Waals surface area (Å²) in [4.78, 5) is 26.5. The van der Waals surface area contributed by atoms with Gasteiger partial charge in [-0.05, 0) is 36.8 Å². The first-order chi connectivity index (χ1) is 12.5. The molecule has 2 aromatic rings. The van der Waals surface area contributed by atoms with E-state index in [1.165, 1.54) is 12.5 Å². The fourth-order valence-corrected chi connectivity index (χ4v) is 3.93. The number of para-hydroxylation sites is 1. The minimum atomic E-state index is -0.0916. The van der Waals surface area contributed by atoms with Gasteiger partial charge in [0.2, 0.25) is 5.91 Å². The maximum Gasteiger partial charge on any atom is 0.254 e. The van der Waals surface area contributed by atoms with Crippen LogP contribution in [0.3, 0.4) is 0 Å². The van der Waals surface area contributed by atoms with Crippen molar-refractivity contribution < 1.29 is 9.53 Å². The van der Waals surface area contributed by atoms with Crippen LogP contribution < -0.4 is 10.3 Å². The van der Waals surface area contributed by atoms with Crippen molar-refractivity contribution in [2.45, 2.75) is 33.1 Å². The van der Waals surface area contributed by atoms with E-state index in [0.717, 1.165) is 24.0 Å². The lowest BCUT2D eigenvalue weighted by molar-refractivity contribution is -0.134. The van der Waals surface area contributed by atoms with Crippen molar-refractivity contribution in [3.63, 3.8) is 0 Å². The maximum atomic E-state index is 12.4. The zero-order valence-corrected chi connectivity index (χ0v) is 15.9. The molecule has 0 saturated carbocycles. The Labute approximate surface area is 154 Å². The van der Waals surface area contributed by atoms with Crippen molar-refractivity contribution in [2.24, 2.45) is 18.9 Å². The molecule has 1 aromatic heterocycles. The molecule has 1 aromatic carbocycles. The number of hydrogen-bond acceptors (Lipinski definition) is 3. The van der Waals surface area contributed by atoms with Crippen molar-refractivity contribution in [3.8, 4) is 5.75 Å². The highest BCUT2D eigenvalue weighted by atomic mass is 16.5. The third kappa shape index (κ3) is 4.09. The fourth-order valence-electron chi connectivity index (χ4n) is 3.93. The molecular weight excluding hydrogens is 328 g/mol. The first-order valence-electron chi connectivity index (χ1n) is 9.45. The summed E-state index contributed by atoms with van der Waals surface area (Å²) in [6, 6.07) is 9.22. The van der Waals surface area contributed by atoms with Gasteiger partial charge in [0, 0.05) is 38.0 Å². The molecule has 5 heteroatoms. The Balaban J connectivity index is 1.57. The molecule has 1 fully saturated rings. The normalized spacial score (nSPS) is 20.3. The average Bonchev–Trinajstić information content (AvgIpc) is 2.61. The Morgan fingerprint density at radius 1 is 1.19 bits per heavy atom. The van der Waals surface area contributed by atoms with Gasteiger partial charge in [0.25, 0.3) is 5.56 Å². The smallest absolute Gasteiger partial charge is 0.254 e. The van der Waals surface area contributed by atoms with Crippen LogP contribution in [0.25, 0.3) is 10.9 Å². The highest BCUT2D eigenvalue weighted by molar-refractivity contribution is 5.85. The molecule has 1 aliphatic heterocycles. The van der Waals surface area contributed by atoms with Crippen molar-refractivity contribution >= 4 is 16.8 Å². The van der Waals surface area contributed by atoms with Gasteiger partial charge in [-0.25, -0.2) is 0 Å². The highest BCUT2D eigenvalue weighted by Crippen LogP contribution is 2.24. The van der Waals surface area contributed by atoms with Gasteiger partial charge in [-0.2, -0.15) is 0 Å². The number of amides is 1. The third-order valence-corrected chi connectivity index (χ3v) is 5.13. The number of likely N-dealkylation sites (tertiary alicyclic amines) is 1. The number of fused-ring (bicyclic) bond motifs is 1. The number of nitrogens with zero attached hydrogens (tertiary/aromatic N) is 2. The summed E-state index contributed by atoms with van der Waals surface area (Å²) in [5.41, 5.74) is 0.758. The minimum Gasteiger partial charge on any atom is -0.493 e. The monoisotopic (exact) mass is 356 g/mol. The number of pyridine rings is 1. The molecule has 1 amide bonds. The van der Waals surface area contributed by atoms with Gasteiger partial charge in [0.15, 0.2) is 0 Å². The van der Waals surface area contributed by atoms with E-state index in [1.807, 2.05) is 29.2 Å². The highest BCUT2D eigenvalue weighted by Gasteiger charge is 2.24. The van der Waals surface area contributed by atoms with Gasteiger partial charge in [-0.3, -0.25) is 9.59 Å². The molecular formula is C21H28N2O3. The van der Waals surface area contributed by atoms with E-state index in [-0.39, 0.29) is 11.5 Å². The lowest BCUT2D eigenvalue weighted by Gasteiger charge is -2.35. The van der Waals surface area contributed by atoms with E-state index in [4.69, 9.17) is 4.74 Å². The van der Waals surface area contributed by atoms with Crippen LogP contribution in [0.1, 0.15) is 33.1 Å². The van der Waals surface area contributed by atoms with Crippen LogP contribution in [-0.4, -0.2) is 35.1 Å². The summed E-state index contributed by atoms with van der Waals surface area (Å²) in [6.45, 7) is 6.58. The maximum absolute atomic E-state index is 12.4. The molecule has 0 aliphatic carbocycles. The van der Waals surface area contributed by atoms with Crippen molar-refractivity contribution in [2.75, 3.05) is 19.7 Å². The molecule has 0 spiro atoms. The molecule has 0 unspecified atom stereocenters. The summed E-state index contributed by atoms with van der Waals surface area (Å²) >= 11 is 0. The van der Waals surface area contributed by atoms with Crippen LogP contribution in [0, 0.1) is 11.8 Å². The van der Waals surface area contributed by atoms with E-state index in [1.54, 1.807) is 11.6 Å². The molecule has 2 heterocycles. The second-order valence-corrected chi connectivity index (χ2v) is 7.62. The van der Waals surface area contributed by atoms with Gasteiger partial charge < -0.3 is 14.2 Å². The second kappa shape index (κ2) is 7.94. The third-order valence-electron chi connectivity index (χ3n) is 5.13. The first kappa shape index (κ1) is 18.5. The van der Waals surface area contributed by atoms with Gasteiger partial charge in [-0.15, -0.1) is 0 Å². The van der Waals surface area contributed by atoms with E-state index in [9.17, 15) is 9.59 Å². The molecule has 0 radical (unpaired) electrons. The zero-order chi connectivity index (χ0) is 18.7. The van der Waals surface area contributed by atoms with Crippen LogP contribution in [0.15, 0.2) is 35.1 Å². The summed E-state index contributed by atoms with van der Waals surface area (Å²) in [5.74, 6) is 1.95. The SMILES string of the molecule is C[C@H]1C[C@H](C)CN(C(=O)CCCOc2cc(=O)n(C)c3ccccc23)C1. The number of carbonyl (C=O) groups excluding carboxylic acids is 1. The number of rotatable bonds is 5. The molecule has 2 atom stereocenters. The lowest BCUT2D eigenvalue weighted by Crippen LogP contribution is -2.42. The molecule has 5 nitrogen and oxygen atoms in total. The van der Waals surface area contributed by atoms with Crippen LogP contribution in [0.4, 0.5) is 0 Å². The predicted octanol–water partition coefficient (Wildman–Crippen LogP) is 3.20. The molecule has 1 aliphatic rings. The van der Waals surface area contributed by atoms with Gasteiger partial charge in [0.05, 0.1) is 12.1 Å². The first-order valence-corrected chi connectivity index (χ1v) is 9.45. The Morgan fingerprint density at radius 2 is 1.88 bits per heavy atom. The summed E-state index contributed by atoms with van der Waals surface area (Å²) < 4.78 is 7.47. The Hall–Kier alpha value is -2.30. The Morgan fingerprint density at radius 3 is 2.62 bits per heavy atom. The van der Waals surface area contributed by atoms with E-state index in [0.29, 0.717) is 37.0 Å². The van der Waals surface area contributed by atoms with E-state index in [2.05, 4.69) is 13.8 Å². The van der Waals surface area contributed by atoms with E-state index >= 15 is 0 Å². The average molecular weight is 356 g/mol. The zero-order valence-electron chi connectivity index (χ0n) is 15.9. The van der Waals surface area contributed by atoms with Crippen molar-refractivity contribution in [1.29, 1.82) is 0 Å². The number of hydrogen-bond donors (Lipinski definition) is 0. The largest absolute Gasteiger partial charge is 0.493 e. The van der Waals surface area contributed by atoms with Gasteiger partial charge in [-0.1, -0.05) is 26.0 Å². The quantitative estimate of drug-likeness (QED) is 0.773. The fraction of sp³-hybridized carbons (Fsp3) is 0.524. The molecule has 0 N–H and O–H groups in total. The number of ether oxygens (including phenoxy) is 1. The second-order valence-electron chi connectivity index (χ2n) is 7.62. The molecule has 26 heavy (non-hydrogen) atoms.